The van der Waals surface area contributed by atoms with Crippen molar-refractivity contribution in [3.8, 4) is 0 Å². The van der Waals surface area contributed by atoms with Crippen molar-refractivity contribution in [2.45, 2.75) is 71.4 Å². The molecule has 0 radical (unpaired) electrons. The van der Waals surface area contributed by atoms with Gasteiger partial charge < -0.3 is 10.1 Å². The number of ether oxygens (including phenoxy) is 1. The maximum absolute atomic E-state index is 5.40. The second kappa shape index (κ2) is 8.08. The van der Waals surface area contributed by atoms with Crippen LogP contribution < -0.4 is 5.32 Å². The monoisotopic (exact) mass is 227 g/mol. The van der Waals surface area contributed by atoms with Crippen LogP contribution in [0.1, 0.15) is 59.3 Å². The van der Waals surface area contributed by atoms with Crippen molar-refractivity contribution in [1.82, 2.24) is 5.32 Å². The van der Waals surface area contributed by atoms with Crippen LogP contribution in [-0.4, -0.2) is 25.3 Å². The van der Waals surface area contributed by atoms with Crippen LogP contribution in [0.5, 0.6) is 0 Å². The van der Waals surface area contributed by atoms with Gasteiger partial charge in [-0.3, -0.25) is 0 Å². The smallest absolute Gasteiger partial charge is 0.0468 e. The van der Waals surface area contributed by atoms with E-state index in [1.807, 2.05) is 0 Å². The van der Waals surface area contributed by atoms with Gasteiger partial charge in [-0.2, -0.15) is 0 Å². The van der Waals surface area contributed by atoms with Crippen LogP contribution in [0.3, 0.4) is 0 Å². The second-order valence-corrected chi connectivity index (χ2v) is 5.25. The Labute approximate surface area is 101 Å². The predicted octanol–water partition coefficient (Wildman–Crippen LogP) is 3.36. The Hall–Kier alpha value is -0.0800. The van der Waals surface area contributed by atoms with E-state index >= 15 is 0 Å². The first kappa shape index (κ1) is 14.0. The van der Waals surface area contributed by atoms with Crippen LogP contribution in [0.25, 0.3) is 0 Å². The number of hydrogen-bond acceptors (Lipinski definition) is 2. The van der Waals surface area contributed by atoms with E-state index in [1.165, 1.54) is 38.5 Å². The van der Waals surface area contributed by atoms with Gasteiger partial charge >= 0.3 is 0 Å². The third-order valence-corrected chi connectivity index (χ3v) is 3.68. The van der Waals surface area contributed by atoms with E-state index in [0.717, 1.165) is 25.2 Å². The lowest BCUT2D eigenvalue weighted by atomic mass is 9.92. The molecule has 2 nitrogen and oxygen atoms in total. The first-order chi connectivity index (χ1) is 7.76. The first-order valence-corrected chi connectivity index (χ1v) is 7.10. The highest BCUT2D eigenvalue weighted by molar-refractivity contribution is 4.74. The van der Waals surface area contributed by atoms with Gasteiger partial charge in [0.2, 0.25) is 0 Å². The Kier molecular flexibility index (Phi) is 7.06. The van der Waals surface area contributed by atoms with E-state index in [9.17, 15) is 0 Å². The lowest BCUT2D eigenvalue weighted by Crippen LogP contribution is -2.37. The molecular formula is C14H29NO. The maximum atomic E-state index is 5.40. The van der Waals surface area contributed by atoms with Gasteiger partial charge in [0.15, 0.2) is 0 Å². The average molecular weight is 227 g/mol. The molecule has 0 aliphatic carbocycles. The summed E-state index contributed by atoms with van der Waals surface area (Å²) in [5.41, 5.74) is 0. The van der Waals surface area contributed by atoms with E-state index in [0.29, 0.717) is 6.04 Å². The summed E-state index contributed by atoms with van der Waals surface area (Å²) in [6.45, 7) is 8.85. The van der Waals surface area contributed by atoms with Crippen LogP contribution in [0, 0.1) is 5.92 Å². The minimum Gasteiger partial charge on any atom is -0.381 e. The second-order valence-electron chi connectivity index (χ2n) is 5.25. The van der Waals surface area contributed by atoms with Gasteiger partial charge in [-0.15, -0.1) is 0 Å². The van der Waals surface area contributed by atoms with Crippen molar-refractivity contribution in [1.29, 1.82) is 0 Å². The van der Waals surface area contributed by atoms with Crippen LogP contribution >= 0.6 is 0 Å². The molecule has 2 heteroatoms. The number of hydrogen-bond donors (Lipinski definition) is 1. The lowest BCUT2D eigenvalue weighted by Gasteiger charge is -2.28. The topological polar surface area (TPSA) is 21.3 Å². The van der Waals surface area contributed by atoms with Crippen molar-refractivity contribution in [2.75, 3.05) is 13.2 Å². The minimum absolute atomic E-state index is 0.666. The summed E-state index contributed by atoms with van der Waals surface area (Å²) in [5, 5.41) is 3.77. The quantitative estimate of drug-likeness (QED) is 0.720. The Bertz CT molecular complexity index is 159. The molecular weight excluding hydrogens is 198 g/mol. The Morgan fingerprint density at radius 3 is 2.50 bits per heavy atom. The number of nitrogens with one attached hydrogen (secondary N) is 1. The lowest BCUT2D eigenvalue weighted by molar-refractivity contribution is 0.0607. The summed E-state index contributed by atoms with van der Waals surface area (Å²) >= 11 is 0. The zero-order chi connectivity index (χ0) is 11.8. The third kappa shape index (κ3) is 5.31. The number of rotatable bonds is 7. The van der Waals surface area contributed by atoms with Crippen molar-refractivity contribution in [3.63, 3.8) is 0 Å². The molecule has 0 aromatic heterocycles. The molecule has 96 valence electrons. The zero-order valence-corrected chi connectivity index (χ0v) is 11.3. The molecule has 0 bridgehead atoms. The maximum Gasteiger partial charge on any atom is 0.0468 e. The van der Waals surface area contributed by atoms with E-state index in [4.69, 9.17) is 4.74 Å². The van der Waals surface area contributed by atoms with E-state index in [2.05, 4.69) is 26.1 Å². The first-order valence-electron chi connectivity index (χ1n) is 7.10. The third-order valence-electron chi connectivity index (χ3n) is 3.68. The van der Waals surface area contributed by atoms with Gasteiger partial charge in [0, 0.05) is 25.3 Å². The normalized spacial score (nSPS) is 21.9. The average Bonchev–Trinajstić information content (AvgIpc) is 2.29. The Morgan fingerprint density at radius 1 is 1.25 bits per heavy atom. The van der Waals surface area contributed by atoms with Crippen molar-refractivity contribution >= 4 is 0 Å². The molecule has 1 fully saturated rings. The van der Waals surface area contributed by atoms with Gasteiger partial charge in [0.1, 0.15) is 0 Å². The van der Waals surface area contributed by atoms with Gasteiger partial charge in [0.25, 0.3) is 0 Å². The molecule has 1 heterocycles. The van der Waals surface area contributed by atoms with E-state index in [1.54, 1.807) is 0 Å². The molecule has 0 amide bonds. The fourth-order valence-electron chi connectivity index (χ4n) is 2.71. The minimum atomic E-state index is 0.666. The van der Waals surface area contributed by atoms with Crippen molar-refractivity contribution in [2.24, 2.45) is 5.92 Å². The summed E-state index contributed by atoms with van der Waals surface area (Å²) in [6, 6.07) is 1.39. The van der Waals surface area contributed by atoms with Crippen LogP contribution in [-0.2, 0) is 4.74 Å². The summed E-state index contributed by atoms with van der Waals surface area (Å²) < 4.78 is 5.40. The van der Waals surface area contributed by atoms with Gasteiger partial charge in [-0.05, 0) is 44.9 Å². The Morgan fingerprint density at radius 2 is 1.94 bits per heavy atom. The van der Waals surface area contributed by atoms with Crippen LogP contribution in [0.15, 0.2) is 0 Å². The summed E-state index contributed by atoms with van der Waals surface area (Å²) in [4.78, 5) is 0. The Balaban J connectivity index is 2.19. The van der Waals surface area contributed by atoms with Crippen molar-refractivity contribution in [3.05, 3.63) is 0 Å². The van der Waals surface area contributed by atoms with Gasteiger partial charge in [-0.25, -0.2) is 0 Å². The summed E-state index contributed by atoms with van der Waals surface area (Å²) in [7, 11) is 0. The van der Waals surface area contributed by atoms with Gasteiger partial charge in [0.05, 0.1) is 0 Å². The molecule has 0 spiro atoms. The molecule has 16 heavy (non-hydrogen) atoms. The van der Waals surface area contributed by atoms with E-state index in [-0.39, 0.29) is 0 Å². The molecule has 0 aromatic carbocycles. The molecule has 1 saturated heterocycles. The molecule has 2 unspecified atom stereocenters. The zero-order valence-electron chi connectivity index (χ0n) is 11.3. The molecule has 0 saturated carbocycles. The van der Waals surface area contributed by atoms with Crippen LogP contribution in [0.4, 0.5) is 0 Å². The standard InChI is InChI=1S/C14H29NO/c1-4-6-14(5-2)15-12(3)11-13-7-9-16-10-8-13/h12-15H,4-11H2,1-3H3. The fraction of sp³-hybridized carbons (Fsp3) is 1.00. The highest BCUT2D eigenvalue weighted by Crippen LogP contribution is 2.20. The highest BCUT2D eigenvalue weighted by Gasteiger charge is 2.18. The molecule has 2 atom stereocenters. The SMILES string of the molecule is CCCC(CC)NC(C)CC1CCOCC1. The van der Waals surface area contributed by atoms with Crippen LogP contribution in [0.2, 0.25) is 0 Å². The van der Waals surface area contributed by atoms with E-state index < -0.39 is 0 Å². The molecule has 1 rings (SSSR count). The molecule has 1 aliphatic heterocycles. The molecule has 0 aromatic rings. The summed E-state index contributed by atoms with van der Waals surface area (Å²) in [6.07, 6.45) is 7.70. The molecule has 1 aliphatic rings. The molecule has 1 N–H and O–H groups in total. The fourth-order valence-corrected chi connectivity index (χ4v) is 2.71. The largest absolute Gasteiger partial charge is 0.381 e. The van der Waals surface area contributed by atoms with Gasteiger partial charge in [-0.1, -0.05) is 20.3 Å². The van der Waals surface area contributed by atoms with Crippen molar-refractivity contribution < 1.29 is 4.74 Å². The summed E-state index contributed by atoms with van der Waals surface area (Å²) in [5.74, 6) is 0.885. The highest BCUT2D eigenvalue weighted by atomic mass is 16.5. The predicted molar refractivity (Wildman–Crippen MR) is 69.7 cm³/mol.